The van der Waals surface area contributed by atoms with E-state index in [9.17, 15) is 0 Å². The van der Waals surface area contributed by atoms with Crippen molar-refractivity contribution in [3.05, 3.63) is 120 Å². The van der Waals surface area contributed by atoms with Gasteiger partial charge in [0.1, 0.15) is 23.0 Å². The fourth-order valence-corrected chi connectivity index (χ4v) is 10.5. The van der Waals surface area contributed by atoms with Crippen LogP contribution in [0.5, 0.6) is 23.0 Å². The number of aryl methyl sites for hydroxylation is 2. The van der Waals surface area contributed by atoms with Crippen LogP contribution < -0.4 is 18.9 Å². The van der Waals surface area contributed by atoms with E-state index in [-0.39, 0.29) is 0 Å². The van der Waals surface area contributed by atoms with Crippen LogP contribution in [0.4, 0.5) is 0 Å². The van der Waals surface area contributed by atoms with E-state index in [1.54, 1.807) is 28.4 Å². The van der Waals surface area contributed by atoms with Crippen LogP contribution in [0.1, 0.15) is 76.3 Å². The molecular weight excluding hydrogens is 761 g/mol. The number of benzene rings is 10. The van der Waals surface area contributed by atoms with Crippen molar-refractivity contribution in [1.29, 1.82) is 0 Å². The summed E-state index contributed by atoms with van der Waals surface area (Å²) in [4.78, 5) is 0. The number of unbranched alkanes of at least 4 members (excludes halogenated alkanes) is 6. The Balaban J connectivity index is 1.30. The summed E-state index contributed by atoms with van der Waals surface area (Å²) in [6, 6.07) is 41.4. The Morgan fingerprint density at radius 1 is 0.323 bits per heavy atom. The van der Waals surface area contributed by atoms with Crippen molar-refractivity contribution in [2.45, 2.75) is 78.1 Å². The maximum atomic E-state index is 6.30. The van der Waals surface area contributed by atoms with E-state index in [1.807, 2.05) is 12.1 Å². The van der Waals surface area contributed by atoms with E-state index in [0.29, 0.717) is 0 Å². The lowest BCUT2D eigenvalue weighted by Gasteiger charge is -2.24. The van der Waals surface area contributed by atoms with E-state index in [1.165, 1.54) is 139 Å². The number of hydrogen-bond donors (Lipinski definition) is 0. The average Bonchev–Trinajstić information content (AvgIpc) is 3.32. The molecule has 0 saturated heterocycles. The van der Waals surface area contributed by atoms with E-state index >= 15 is 0 Å². The molecular formula is C58H56O4. The van der Waals surface area contributed by atoms with Gasteiger partial charge in [-0.2, -0.15) is 0 Å². The summed E-state index contributed by atoms with van der Waals surface area (Å²) < 4.78 is 24.5. The molecule has 0 aliphatic rings. The topological polar surface area (TPSA) is 36.9 Å². The SMILES string of the molecule is CCCCCCc1ccc(-c2cc3cc4c5c(OC)cc(OC)cc5c5cc(-c6ccc(CCCCCC)cc6)cc6cc7c8c(OC)cc(OC)cc8c(c2)c3c7c4c65)cc1. The minimum absolute atomic E-state index is 0.774. The summed E-state index contributed by atoms with van der Waals surface area (Å²) in [5.74, 6) is 3.15. The molecule has 10 aromatic carbocycles. The highest BCUT2D eigenvalue weighted by Gasteiger charge is 2.26. The molecule has 0 aromatic heterocycles. The molecule has 0 atom stereocenters. The molecule has 0 radical (unpaired) electrons. The average molecular weight is 817 g/mol. The van der Waals surface area contributed by atoms with Gasteiger partial charge in [-0.25, -0.2) is 0 Å². The Labute approximate surface area is 365 Å². The molecule has 62 heavy (non-hydrogen) atoms. The standard InChI is InChI=1S/C58H56O4/c1-7-9-11-13-15-35-17-21-37(22-18-35)39-25-41-29-49-56-48(32-44(60-4)34-52(56)62-6)46-28-40(38-23-19-36(20-24-38)16-14-12-10-8-2)26-42-30-50-55-47(31-43(59-3)33-51(55)61-5)45(27-39)53(41)57(50)58(49)54(42)46/h17-34H,7-16H2,1-6H3. The van der Waals surface area contributed by atoms with Gasteiger partial charge in [0, 0.05) is 22.9 Å². The zero-order valence-electron chi connectivity index (χ0n) is 37.1. The Kier molecular flexibility index (Phi) is 10.6. The molecule has 0 heterocycles. The van der Waals surface area contributed by atoms with Gasteiger partial charge in [0.25, 0.3) is 0 Å². The van der Waals surface area contributed by atoms with Crippen LogP contribution in [0.2, 0.25) is 0 Å². The van der Waals surface area contributed by atoms with Gasteiger partial charge < -0.3 is 18.9 Å². The Morgan fingerprint density at radius 2 is 0.726 bits per heavy atom. The molecule has 0 saturated carbocycles. The lowest BCUT2D eigenvalue weighted by atomic mass is 9.80. The van der Waals surface area contributed by atoms with Gasteiger partial charge in [-0.3, -0.25) is 0 Å². The first-order valence-corrected chi connectivity index (χ1v) is 22.7. The minimum atomic E-state index is 0.774. The Bertz CT molecular complexity index is 3010. The zero-order chi connectivity index (χ0) is 42.5. The normalized spacial score (nSPS) is 12.0. The third kappa shape index (κ3) is 6.67. The van der Waals surface area contributed by atoms with Crippen molar-refractivity contribution in [3.63, 3.8) is 0 Å². The lowest BCUT2D eigenvalue weighted by Crippen LogP contribution is -1.97. The Hall–Kier alpha value is -6.26. The van der Waals surface area contributed by atoms with Crippen LogP contribution in [0.15, 0.2) is 109 Å². The third-order valence-electron chi connectivity index (χ3n) is 13.6. The highest BCUT2D eigenvalue weighted by Crippen LogP contribution is 2.54. The molecule has 10 aromatic rings. The molecule has 0 aliphatic carbocycles. The van der Waals surface area contributed by atoms with Crippen molar-refractivity contribution >= 4 is 75.4 Å². The largest absolute Gasteiger partial charge is 0.497 e. The van der Waals surface area contributed by atoms with Crippen molar-refractivity contribution in [2.24, 2.45) is 0 Å². The van der Waals surface area contributed by atoms with E-state index in [4.69, 9.17) is 18.9 Å². The first kappa shape index (κ1) is 39.9. The summed E-state index contributed by atoms with van der Waals surface area (Å²) in [6.07, 6.45) is 12.3. The number of ether oxygens (including phenoxy) is 4. The van der Waals surface area contributed by atoms with E-state index in [2.05, 4.69) is 111 Å². The minimum Gasteiger partial charge on any atom is -0.497 e. The number of methoxy groups -OCH3 is 4. The van der Waals surface area contributed by atoms with Gasteiger partial charge >= 0.3 is 0 Å². The van der Waals surface area contributed by atoms with Crippen LogP contribution in [0.3, 0.4) is 0 Å². The Morgan fingerprint density at radius 3 is 1.10 bits per heavy atom. The van der Waals surface area contributed by atoms with Crippen LogP contribution in [-0.2, 0) is 12.8 Å². The van der Waals surface area contributed by atoms with Gasteiger partial charge in [-0.05, 0) is 172 Å². The molecule has 0 N–H and O–H groups in total. The van der Waals surface area contributed by atoms with Crippen molar-refractivity contribution < 1.29 is 18.9 Å². The zero-order valence-corrected chi connectivity index (χ0v) is 37.1. The fourth-order valence-electron chi connectivity index (χ4n) is 10.5. The molecule has 10 rings (SSSR count). The van der Waals surface area contributed by atoms with Gasteiger partial charge in [-0.1, -0.05) is 101 Å². The molecule has 312 valence electrons. The summed E-state index contributed by atoms with van der Waals surface area (Å²) in [7, 11) is 7.02. The molecule has 0 bridgehead atoms. The second kappa shape index (κ2) is 16.5. The molecule has 4 nitrogen and oxygen atoms in total. The first-order chi connectivity index (χ1) is 30.5. The summed E-state index contributed by atoms with van der Waals surface area (Å²) in [5, 5.41) is 16.5. The molecule has 0 spiro atoms. The summed E-state index contributed by atoms with van der Waals surface area (Å²) >= 11 is 0. The monoisotopic (exact) mass is 816 g/mol. The predicted molar refractivity (Wildman–Crippen MR) is 264 cm³/mol. The van der Waals surface area contributed by atoms with Gasteiger partial charge in [0.05, 0.1) is 28.4 Å². The predicted octanol–water partition coefficient (Wildman–Crippen LogP) is 16.2. The van der Waals surface area contributed by atoms with Crippen LogP contribution >= 0.6 is 0 Å². The quantitative estimate of drug-likeness (QED) is 0.0553. The van der Waals surface area contributed by atoms with Crippen LogP contribution in [0.25, 0.3) is 97.7 Å². The molecule has 0 amide bonds. The van der Waals surface area contributed by atoms with Crippen LogP contribution in [0, 0.1) is 0 Å². The second-order valence-corrected chi connectivity index (χ2v) is 17.4. The van der Waals surface area contributed by atoms with Crippen LogP contribution in [-0.4, -0.2) is 28.4 Å². The number of rotatable bonds is 16. The maximum absolute atomic E-state index is 6.30. The van der Waals surface area contributed by atoms with E-state index < -0.39 is 0 Å². The summed E-state index contributed by atoms with van der Waals surface area (Å²) in [6.45, 7) is 4.54. The fraction of sp³-hybridized carbons (Fsp3) is 0.276. The number of hydrogen-bond acceptors (Lipinski definition) is 4. The molecule has 0 fully saturated rings. The second-order valence-electron chi connectivity index (χ2n) is 17.4. The third-order valence-corrected chi connectivity index (χ3v) is 13.6. The summed E-state index contributed by atoms with van der Waals surface area (Å²) in [5.41, 5.74) is 7.57. The first-order valence-electron chi connectivity index (χ1n) is 22.7. The maximum Gasteiger partial charge on any atom is 0.131 e. The highest BCUT2D eigenvalue weighted by atomic mass is 16.5. The molecule has 4 heteroatoms. The smallest absolute Gasteiger partial charge is 0.131 e. The van der Waals surface area contributed by atoms with Gasteiger partial charge in [0.15, 0.2) is 0 Å². The van der Waals surface area contributed by atoms with Crippen molar-refractivity contribution in [3.8, 4) is 45.3 Å². The van der Waals surface area contributed by atoms with Gasteiger partial charge in [0.2, 0.25) is 0 Å². The van der Waals surface area contributed by atoms with Crippen molar-refractivity contribution in [1.82, 2.24) is 0 Å². The number of fused-ring (bicyclic) bond motifs is 6. The molecule has 0 unspecified atom stereocenters. The van der Waals surface area contributed by atoms with Crippen molar-refractivity contribution in [2.75, 3.05) is 28.4 Å². The molecule has 0 aliphatic heterocycles. The highest BCUT2D eigenvalue weighted by molar-refractivity contribution is 6.46. The van der Waals surface area contributed by atoms with E-state index in [0.717, 1.165) is 57.4 Å². The van der Waals surface area contributed by atoms with Gasteiger partial charge in [-0.15, -0.1) is 0 Å². The lowest BCUT2D eigenvalue weighted by molar-refractivity contribution is 0.398.